The van der Waals surface area contributed by atoms with Crippen LogP contribution >= 0.6 is 11.8 Å². The molecule has 0 aliphatic rings. The molecule has 0 aromatic heterocycles. The van der Waals surface area contributed by atoms with Crippen LogP contribution in [-0.4, -0.2) is 29.5 Å². The standard InChI is InChI=1S/C13H16FNO3S/c1-3-18-13(17)9(2)19-8-12(16)15-11-6-4-10(14)5-7-11/h4-7,9H,3,8H2,1-2H3,(H,15,16). The SMILES string of the molecule is CCOC(=O)C(C)SCC(=O)Nc1ccc(F)cc1. The van der Waals surface area contributed by atoms with Crippen molar-refractivity contribution < 1.29 is 18.7 Å². The number of nitrogens with one attached hydrogen (secondary N) is 1. The number of amides is 1. The molecule has 4 nitrogen and oxygen atoms in total. The molecule has 0 spiro atoms. The van der Waals surface area contributed by atoms with Crippen LogP contribution in [0.5, 0.6) is 0 Å². The molecule has 0 heterocycles. The molecule has 0 radical (unpaired) electrons. The van der Waals surface area contributed by atoms with Crippen LogP contribution in [0, 0.1) is 5.82 Å². The van der Waals surface area contributed by atoms with Crippen molar-refractivity contribution in [3.63, 3.8) is 0 Å². The molecule has 0 aliphatic heterocycles. The minimum absolute atomic E-state index is 0.136. The number of rotatable bonds is 6. The van der Waals surface area contributed by atoms with E-state index in [2.05, 4.69) is 5.32 Å². The lowest BCUT2D eigenvalue weighted by Crippen LogP contribution is -2.21. The Morgan fingerprint density at radius 1 is 1.37 bits per heavy atom. The maximum absolute atomic E-state index is 12.7. The highest BCUT2D eigenvalue weighted by molar-refractivity contribution is 8.01. The Bertz CT molecular complexity index is 436. The van der Waals surface area contributed by atoms with E-state index in [1.165, 1.54) is 36.0 Å². The number of thioether (sulfide) groups is 1. The fourth-order valence-corrected chi connectivity index (χ4v) is 1.94. The van der Waals surface area contributed by atoms with Gasteiger partial charge in [-0.25, -0.2) is 4.39 Å². The van der Waals surface area contributed by atoms with Crippen LogP contribution in [0.2, 0.25) is 0 Å². The first kappa shape index (κ1) is 15.5. The second kappa shape index (κ2) is 7.78. The molecule has 1 unspecified atom stereocenters. The Kier molecular flexibility index (Phi) is 6.35. The Labute approximate surface area is 115 Å². The maximum atomic E-state index is 12.7. The van der Waals surface area contributed by atoms with Crippen LogP contribution in [-0.2, 0) is 14.3 Å². The van der Waals surface area contributed by atoms with E-state index in [-0.39, 0.29) is 28.7 Å². The average Bonchev–Trinajstić information content (AvgIpc) is 2.39. The highest BCUT2D eigenvalue weighted by atomic mass is 32.2. The second-order valence-corrected chi connectivity index (χ2v) is 5.09. The molecule has 1 rings (SSSR count). The first-order chi connectivity index (χ1) is 9.02. The summed E-state index contributed by atoms with van der Waals surface area (Å²) < 4.78 is 17.5. The van der Waals surface area contributed by atoms with Gasteiger partial charge in [-0.3, -0.25) is 9.59 Å². The van der Waals surface area contributed by atoms with Crippen LogP contribution in [0.3, 0.4) is 0 Å². The predicted molar refractivity (Wildman–Crippen MR) is 73.6 cm³/mol. The molecule has 1 N–H and O–H groups in total. The van der Waals surface area contributed by atoms with Crippen molar-refractivity contribution in [3.05, 3.63) is 30.1 Å². The number of carbonyl (C=O) groups excluding carboxylic acids is 2. The van der Waals surface area contributed by atoms with Gasteiger partial charge in [0, 0.05) is 5.69 Å². The number of anilines is 1. The molecule has 0 saturated heterocycles. The molecule has 104 valence electrons. The average molecular weight is 285 g/mol. The van der Waals surface area contributed by atoms with Crippen molar-refractivity contribution in [3.8, 4) is 0 Å². The highest BCUT2D eigenvalue weighted by Gasteiger charge is 2.16. The lowest BCUT2D eigenvalue weighted by Gasteiger charge is -2.10. The number of benzene rings is 1. The molecular formula is C13H16FNO3S. The van der Waals surface area contributed by atoms with Gasteiger partial charge in [0.15, 0.2) is 0 Å². The summed E-state index contributed by atoms with van der Waals surface area (Å²) >= 11 is 1.19. The van der Waals surface area contributed by atoms with Crippen LogP contribution < -0.4 is 5.32 Å². The van der Waals surface area contributed by atoms with E-state index in [0.717, 1.165) is 0 Å². The van der Waals surface area contributed by atoms with E-state index in [9.17, 15) is 14.0 Å². The third kappa shape index (κ3) is 5.74. The zero-order valence-electron chi connectivity index (χ0n) is 10.8. The smallest absolute Gasteiger partial charge is 0.318 e. The van der Waals surface area contributed by atoms with Gasteiger partial charge in [0.05, 0.1) is 12.4 Å². The van der Waals surface area contributed by atoms with Crippen molar-refractivity contribution in [1.82, 2.24) is 0 Å². The molecule has 1 aromatic rings. The van der Waals surface area contributed by atoms with Gasteiger partial charge in [-0.2, -0.15) is 0 Å². The number of halogens is 1. The highest BCUT2D eigenvalue weighted by Crippen LogP contribution is 2.14. The number of hydrogen-bond acceptors (Lipinski definition) is 4. The lowest BCUT2D eigenvalue weighted by molar-refractivity contribution is -0.142. The van der Waals surface area contributed by atoms with Crippen molar-refractivity contribution >= 4 is 29.3 Å². The zero-order valence-corrected chi connectivity index (χ0v) is 11.6. The monoisotopic (exact) mass is 285 g/mol. The van der Waals surface area contributed by atoms with Crippen LogP contribution in [0.4, 0.5) is 10.1 Å². The van der Waals surface area contributed by atoms with E-state index < -0.39 is 0 Å². The third-order valence-corrected chi connectivity index (χ3v) is 3.33. The van der Waals surface area contributed by atoms with Crippen LogP contribution in [0.15, 0.2) is 24.3 Å². The summed E-state index contributed by atoms with van der Waals surface area (Å²) in [4.78, 5) is 22.9. The predicted octanol–water partition coefficient (Wildman–Crippen LogP) is 2.45. The summed E-state index contributed by atoms with van der Waals surface area (Å²) in [5.41, 5.74) is 0.524. The molecule has 1 aromatic carbocycles. The summed E-state index contributed by atoms with van der Waals surface area (Å²) in [5, 5.41) is 2.23. The molecule has 19 heavy (non-hydrogen) atoms. The largest absolute Gasteiger partial charge is 0.465 e. The van der Waals surface area contributed by atoms with Crippen LogP contribution in [0.1, 0.15) is 13.8 Å². The zero-order chi connectivity index (χ0) is 14.3. The number of ether oxygens (including phenoxy) is 1. The first-order valence-corrected chi connectivity index (χ1v) is 6.91. The third-order valence-electron chi connectivity index (χ3n) is 2.21. The van der Waals surface area contributed by atoms with E-state index in [1.54, 1.807) is 13.8 Å². The maximum Gasteiger partial charge on any atom is 0.318 e. The molecule has 1 amide bonds. The fraction of sp³-hybridized carbons (Fsp3) is 0.385. The van der Waals surface area contributed by atoms with Gasteiger partial charge in [-0.1, -0.05) is 0 Å². The summed E-state index contributed by atoms with van der Waals surface area (Å²) in [6.45, 7) is 3.75. The van der Waals surface area contributed by atoms with Gasteiger partial charge in [0.2, 0.25) is 5.91 Å². The van der Waals surface area contributed by atoms with Crippen molar-refractivity contribution in [2.45, 2.75) is 19.1 Å². The summed E-state index contributed by atoms with van der Waals surface area (Å²) in [5.74, 6) is -0.796. The topological polar surface area (TPSA) is 55.4 Å². The normalized spacial score (nSPS) is 11.7. The van der Waals surface area contributed by atoms with Gasteiger partial charge < -0.3 is 10.1 Å². The minimum atomic E-state index is -0.390. The number of esters is 1. The first-order valence-electron chi connectivity index (χ1n) is 5.86. The Balaban J connectivity index is 2.35. The van der Waals surface area contributed by atoms with Crippen molar-refractivity contribution in [2.24, 2.45) is 0 Å². The Morgan fingerprint density at radius 3 is 2.58 bits per heavy atom. The Morgan fingerprint density at radius 2 is 2.00 bits per heavy atom. The van der Waals surface area contributed by atoms with E-state index in [4.69, 9.17) is 4.74 Å². The van der Waals surface area contributed by atoms with Gasteiger partial charge in [0.1, 0.15) is 11.1 Å². The van der Waals surface area contributed by atoms with E-state index >= 15 is 0 Å². The van der Waals surface area contributed by atoms with Gasteiger partial charge >= 0.3 is 5.97 Å². The summed E-state index contributed by atoms with van der Waals surface area (Å²) in [7, 11) is 0. The van der Waals surface area contributed by atoms with Gasteiger partial charge in [-0.05, 0) is 38.1 Å². The van der Waals surface area contributed by atoms with Crippen LogP contribution in [0.25, 0.3) is 0 Å². The van der Waals surface area contributed by atoms with Gasteiger partial charge in [-0.15, -0.1) is 11.8 Å². The molecule has 1 atom stereocenters. The second-order valence-electron chi connectivity index (χ2n) is 3.76. The molecular weight excluding hydrogens is 269 g/mol. The van der Waals surface area contributed by atoms with Crippen molar-refractivity contribution in [1.29, 1.82) is 0 Å². The van der Waals surface area contributed by atoms with Crippen molar-refractivity contribution in [2.75, 3.05) is 17.7 Å². The van der Waals surface area contributed by atoms with Gasteiger partial charge in [0.25, 0.3) is 0 Å². The Hall–Kier alpha value is -1.56. The molecule has 0 saturated carbocycles. The number of hydrogen-bond donors (Lipinski definition) is 1. The molecule has 0 fully saturated rings. The summed E-state index contributed by atoms with van der Waals surface area (Å²) in [6, 6.07) is 5.49. The molecule has 6 heteroatoms. The van der Waals surface area contributed by atoms with E-state index in [0.29, 0.717) is 12.3 Å². The summed E-state index contributed by atoms with van der Waals surface area (Å²) in [6.07, 6.45) is 0. The van der Waals surface area contributed by atoms with E-state index in [1.807, 2.05) is 0 Å². The minimum Gasteiger partial charge on any atom is -0.465 e. The lowest BCUT2D eigenvalue weighted by atomic mass is 10.3. The molecule has 0 bridgehead atoms. The quantitative estimate of drug-likeness (QED) is 0.816. The molecule has 0 aliphatic carbocycles. The fourth-order valence-electron chi connectivity index (χ4n) is 1.26. The number of carbonyl (C=O) groups is 2.